The summed E-state index contributed by atoms with van der Waals surface area (Å²) in [6.07, 6.45) is 1.17. The highest BCUT2D eigenvalue weighted by Gasteiger charge is 2.34. The first-order valence-corrected chi connectivity index (χ1v) is 11.5. The maximum atomic E-state index is 12.7. The van der Waals surface area contributed by atoms with E-state index < -0.39 is 26.9 Å². The summed E-state index contributed by atoms with van der Waals surface area (Å²) in [4.78, 5) is 27.7. The van der Waals surface area contributed by atoms with E-state index in [1.165, 1.54) is 29.3 Å². The molecule has 2 amide bonds. The minimum Gasteiger partial charge on any atom is -0.400 e. The Morgan fingerprint density at radius 3 is 2.64 bits per heavy atom. The van der Waals surface area contributed by atoms with Crippen molar-refractivity contribution in [2.45, 2.75) is 11.8 Å². The standard InChI is InChI=1S/C19H21N7O6S/c1-2-25-15-5-3-4-6-16(15)33(30,31)22-18(25)23-9-11-24(12-10-23)19(27)21-20-13-14-7-8-17(32-14)26(28)29/h3-8,13H,2,9-12H2,1H3,(H,21,27)/b20-13+. The number of hydrogen-bond acceptors (Lipinski definition) is 9. The number of guanidine groups is 1. The molecule has 2 aliphatic heterocycles. The number of furan rings is 1. The van der Waals surface area contributed by atoms with Gasteiger partial charge in [-0.05, 0) is 25.1 Å². The summed E-state index contributed by atoms with van der Waals surface area (Å²) < 4.78 is 34.3. The number of rotatable bonds is 4. The van der Waals surface area contributed by atoms with Gasteiger partial charge in [0.25, 0.3) is 10.0 Å². The molecule has 3 heterocycles. The summed E-state index contributed by atoms with van der Waals surface area (Å²) in [6.45, 7) is 3.87. The van der Waals surface area contributed by atoms with E-state index in [0.717, 1.165) is 0 Å². The van der Waals surface area contributed by atoms with Crippen LogP contribution in [0.5, 0.6) is 0 Å². The molecule has 33 heavy (non-hydrogen) atoms. The number of carbonyl (C=O) groups is 1. The molecule has 0 aliphatic carbocycles. The fraction of sp³-hybridized carbons (Fsp3) is 0.316. The first kappa shape index (κ1) is 22.3. The number of benzene rings is 1. The molecule has 0 atom stereocenters. The molecule has 13 nitrogen and oxygen atoms in total. The molecular formula is C19H21N7O6S. The minimum atomic E-state index is -3.81. The van der Waals surface area contributed by atoms with Gasteiger partial charge in [-0.2, -0.15) is 13.5 Å². The number of hydrazone groups is 1. The van der Waals surface area contributed by atoms with Crippen LogP contribution in [-0.4, -0.2) is 74.1 Å². The number of para-hydroxylation sites is 1. The van der Waals surface area contributed by atoms with Gasteiger partial charge < -0.3 is 19.1 Å². The van der Waals surface area contributed by atoms with Crippen molar-refractivity contribution in [3.63, 3.8) is 0 Å². The topological polar surface area (TPSA) is 154 Å². The Balaban J connectivity index is 1.38. The Kier molecular flexibility index (Phi) is 6.00. The van der Waals surface area contributed by atoms with E-state index in [2.05, 4.69) is 14.9 Å². The van der Waals surface area contributed by atoms with Crippen molar-refractivity contribution >= 4 is 39.8 Å². The maximum Gasteiger partial charge on any atom is 0.433 e. The number of amides is 2. The number of piperazine rings is 1. The van der Waals surface area contributed by atoms with Crippen LogP contribution in [0.25, 0.3) is 0 Å². The van der Waals surface area contributed by atoms with E-state index in [9.17, 15) is 23.3 Å². The van der Waals surface area contributed by atoms with Gasteiger partial charge in [-0.25, -0.2) is 10.2 Å². The summed E-state index contributed by atoms with van der Waals surface area (Å²) in [5, 5.41) is 14.4. The summed E-state index contributed by atoms with van der Waals surface area (Å²) in [6, 6.07) is 8.83. The van der Waals surface area contributed by atoms with Gasteiger partial charge in [0.15, 0.2) is 5.76 Å². The van der Waals surface area contributed by atoms with Crippen LogP contribution < -0.4 is 10.3 Å². The zero-order valence-corrected chi connectivity index (χ0v) is 18.4. The molecule has 1 saturated heterocycles. The number of nitrogens with one attached hydrogen (secondary N) is 1. The molecule has 0 saturated carbocycles. The third kappa shape index (κ3) is 4.50. The Morgan fingerprint density at radius 2 is 1.97 bits per heavy atom. The molecule has 174 valence electrons. The average Bonchev–Trinajstić information content (AvgIpc) is 3.28. The summed E-state index contributed by atoms with van der Waals surface area (Å²) >= 11 is 0. The number of urea groups is 1. The highest BCUT2D eigenvalue weighted by molar-refractivity contribution is 7.90. The van der Waals surface area contributed by atoms with Crippen LogP contribution in [0.4, 0.5) is 16.4 Å². The monoisotopic (exact) mass is 475 g/mol. The molecular weight excluding hydrogens is 454 g/mol. The molecule has 0 bridgehead atoms. The zero-order chi connectivity index (χ0) is 23.6. The van der Waals surface area contributed by atoms with Gasteiger partial charge in [0.1, 0.15) is 9.82 Å². The van der Waals surface area contributed by atoms with E-state index in [0.29, 0.717) is 44.4 Å². The smallest absolute Gasteiger partial charge is 0.400 e. The second kappa shape index (κ2) is 8.90. The highest BCUT2D eigenvalue weighted by Crippen LogP contribution is 2.32. The third-order valence-corrected chi connectivity index (χ3v) is 6.49. The van der Waals surface area contributed by atoms with Crippen molar-refractivity contribution in [3.8, 4) is 0 Å². The second-order valence-electron chi connectivity index (χ2n) is 7.16. The lowest BCUT2D eigenvalue weighted by atomic mass is 10.2. The Morgan fingerprint density at radius 1 is 1.24 bits per heavy atom. The van der Waals surface area contributed by atoms with E-state index in [1.807, 2.05) is 16.7 Å². The number of nitrogens with zero attached hydrogens (tertiary/aromatic N) is 6. The van der Waals surface area contributed by atoms with Crippen LogP contribution in [0.15, 0.2) is 55.2 Å². The average molecular weight is 475 g/mol. The fourth-order valence-corrected chi connectivity index (χ4v) is 4.81. The van der Waals surface area contributed by atoms with Crippen molar-refractivity contribution in [2.75, 3.05) is 37.6 Å². The summed E-state index contributed by atoms with van der Waals surface area (Å²) in [5.41, 5.74) is 2.93. The summed E-state index contributed by atoms with van der Waals surface area (Å²) in [7, 11) is -3.81. The van der Waals surface area contributed by atoms with Crippen molar-refractivity contribution in [2.24, 2.45) is 9.50 Å². The van der Waals surface area contributed by atoms with Crippen LogP contribution in [0.2, 0.25) is 0 Å². The number of fused-ring (bicyclic) bond motifs is 1. The van der Waals surface area contributed by atoms with Crippen LogP contribution >= 0.6 is 0 Å². The zero-order valence-electron chi connectivity index (χ0n) is 17.6. The molecule has 14 heteroatoms. The van der Waals surface area contributed by atoms with Crippen molar-refractivity contribution in [1.82, 2.24) is 15.2 Å². The van der Waals surface area contributed by atoms with Gasteiger partial charge in [-0.3, -0.25) is 10.1 Å². The third-order valence-electron chi connectivity index (χ3n) is 5.19. The number of nitro groups is 1. The van der Waals surface area contributed by atoms with Crippen LogP contribution in [0, 0.1) is 10.1 Å². The predicted molar refractivity (Wildman–Crippen MR) is 119 cm³/mol. The molecule has 1 aromatic carbocycles. The van der Waals surface area contributed by atoms with Gasteiger partial charge in [-0.1, -0.05) is 12.1 Å². The quantitative estimate of drug-likeness (QED) is 0.396. The molecule has 1 fully saturated rings. The molecule has 4 rings (SSSR count). The number of anilines is 1. The summed E-state index contributed by atoms with van der Waals surface area (Å²) in [5.74, 6) is 0.0484. The number of carbonyl (C=O) groups excluding carboxylic acids is 1. The van der Waals surface area contributed by atoms with E-state index >= 15 is 0 Å². The molecule has 1 aromatic heterocycles. The largest absolute Gasteiger partial charge is 0.433 e. The van der Waals surface area contributed by atoms with E-state index in [1.54, 1.807) is 18.2 Å². The van der Waals surface area contributed by atoms with Gasteiger partial charge in [-0.15, -0.1) is 4.40 Å². The van der Waals surface area contributed by atoms with Crippen molar-refractivity contribution in [3.05, 3.63) is 52.3 Å². The first-order valence-electron chi connectivity index (χ1n) is 10.1. The lowest BCUT2D eigenvalue weighted by Gasteiger charge is -2.40. The van der Waals surface area contributed by atoms with Gasteiger partial charge in [0.05, 0.1) is 18.0 Å². The first-order chi connectivity index (χ1) is 15.8. The molecule has 2 aromatic rings. The molecule has 1 N–H and O–H groups in total. The predicted octanol–water partition coefficient (Wildman–Crippen LogP) is 1.43. The van der Waals surface area contributed by atoms with Gasteiger partial charge in [0, 0.05) is 32.7 Å². The van der Waals surface area contributed by atoms with E-state index in [4.69, 9.17) is 4.42 Å². The Bertz CT molecular complexity index is 1230. The fourth-order valence-electron chi connectivity index (χ4n) is 3.59. The van der Waals surface area contributed by atoms with Crippen molar-refractivity contribution in [1.29, 1.82) is 0 Å². The number of hydrogen-bond donors (Lipinski definition) is 1. The van der Waals surface area contributed by atoms with Crippen LogP contribution in [0.3, 0.4) is 0 Å². The molecule has 0 radical (unpaired) electrons. The normalized spacial score (nSPS) is 17.6. The highest BCUT2D eigenvalue weighted by atomic mass is 32.2. The Hall–Kier alpha value is -3.94. The van der Waals surface area contributed by atoms with Crippen LogP contribution in [0.1, 0.15) is 12.7 Å². The van der Waals surface area contributed by atoms with Gasteiger partial charge in [0.2, 0.25) is 5.96 Å². The SMILES string of the molecule is CCN1C(N2CCN(C(=O)N/N=C/c3ccc([N+](=O)[O-])o3)CC2)=NS(=O)(=O)c2ccccc21. The minimum absolute atomic E-state index is 0.128. The lowest BCUT2D eigenvalue weighted by molar-refractivity contribution is -0.402. The lowest BCUT2D eigenvalue weighted by Crippen LogP contribution is -2.56. The van der Waals surface area contributed by atoms with Crippen LogP contribution in [-0.2, 0) is 10.0 Å². The van der Waals surface area contributed by atoms with Crippen molar-refractivity contribution < 1.29 is 22.6 Å². The van der Waals surface area contributed by atoms with E-state index in [-0.39, 0.29) is 10.7 Å². The molecule has 0 unspecified atom stereocenters. The number of sulfonamides is 1. The maximum absolute atomic E-state index is 12.7. The molecule has 0 spiro atoms. The second-order valence-corrected chi connectivity index (χ2v) is 8.73. The molecule has 2 aliphatic rings. The van der Waals surface area contributed by atoms with Gasteiger partial charge >= 0.3 is 11.9 Å². The Labute approximate surface area is 189 Å².